The summed E-state index contributed by atoms with van der Waals surface area (Å²) < 4.78 is 11.2. The minimum atomic E-state index is -0.868. The third-order valence-corrected chi connectivity index (χ3v) is 5.63. The normalized spacial score (nSPS) is 17.8. The Balaban J connectivity index is 1.88. The van der Waals surface area contributed by atoms with Crippen molar-refractivity contribution in [1.82, 2.24) is 9.88 Å². The second-order valence-electron chi connectivity index (χ2n) is 7.83. The molecule has 1 aliphatic heterocycles. The van der Waals surface area contributed by atoms with Crippen molar-refractivity contribution < 1.29 is 23.8 Å². The van der Waals surface area contributed by atoms with E-state index in [1.54, 1.807) is 56.6 Å². The number of hydrogen-bond donors (Lipinski definition) is 1. The van der Waals surface area contributed by atoms with Gasteiger partial charge in [-0.1, -0.05) is 6.07 Å². The summed E-state index contributed by atoms with van der Waals surface area (Å²) in [5, 5.41) is 11.3. The monoisotopic (exact) mass is 432 g/mol. The molecule has 7 heteroatoms. The van der Waals surface area contributed by atoms with E-state index in [-0.39, 0.29) is 17.9 Å². The second-order valence-corrected chi connectivity index (χ2v) is 7.83. The van der Waals surface area contributed by atoms with E-state index in [2.05, 4.69) is 4.98 Å². The third kappa shape index (κ3) is 3.66. The molecule has 1 unspecified atom stereocenters. The lowest BCUT2D eigenvalue weighted by Crippen LogP contribution is -2.29. The molecule has 3 heterocycles. The standard InChI is InChI=1S/C25H24N2O5/c1-14-12-20(31-4)15(2)11-18(14)23(28)21-22(19-9-8-16(3)32-19)27(25(30)24(21)29)13-17-7-5-6-10-26-17/h5-12,22,28H,13H2,1-4H3/b23-21+. The second kappa shape index (κ2) is 8.34. The fourth-order valence-electron chi connectivity index (χ4n) is 4.02. The molecule has 7 nitrogen and oxygen atoms in total. The highest BCUT2D eigenvalue weighted by Gasteiger charge is 2.47. The molecule has 1 fully saturated rings. The molecule has 1 aromatic carbocycles. The van der Waals surface area contributed by atoms with Gasteiger partial charge < -0.3 is 19.2 Å². The van der Waals surface area contributed by atoms with Crippen molar-refractivity contribution in [2.24, 2.45) is 0 Å². The number of rotatable bonds is 5. The predicted octanol–water partition coefficient (Wildman–Crippen LogP) is 4.23. The van der Waals surface area contributed by atoms with E-state index in [9.17, 15) is 14.7 Å². The van der Waals surface area contributed by atoms with Gasteiger partial charge in [0.15, 0.2) is 0 Å². The Morgan fingerprint density at radius 2 is 1.91 bits per heavy atom. The highest BCUT2D eigenvalue weighted by Crippen LogP contribution is 2.41. The van der Waals surface area contributed by atoms with E-state index in [0.717, 1.165) is 11.1 Å². The van der Waals surface area contributed by atoms with Crippen LogP contribution in [0.3, 0.4) is 0 Å². The van der Waals surface area contributed by atoms with Crippen LogP contribution in [0.4, 0.5) is 0 Å². The summed E-state index contributed by atoms with van der Waals surface area (Å²) in [6.07, 6.45) is 1.63. The molecule has 0 radical (unpaired) electrons. The number of nitrogens with zero attached hydrogens (tertiary/aromatic N) is 2. The lowest BCUT2D eigenvalue weighted by molar-refractivity contribution is -0.140. The molecule has 0 saturated carbocycles. The number of aryl methyl sites for hydroxylation is 3. The maximum absolute atomic E-state index is 13.1. The number of amides is 1. The zero-order valence-corrected chi connectivity index (χ0v) is 18.4. The first-order valence-electron chi connectivity index (χ1n) is 10.2. The number of ether oxygens (including phenoxy) is 1. The molecule has 3 aromatic rings. The third-order valence-electron chi connectivity index (χ3n) is 5.63. The van der Waals surface area contributed by atoms with Crippen LogP contribution in [-0.4, -0.2) is 33.8 Å². The number of Topliss-reactive ketones (excluding diaryl/α,β-unsaturated/α-hetero) is 1. The quantitative estimate of drug-likeness (QED) is 0.368. The van der Waals surface area contributed by atoms with Crippen molar-refractivity contribution in [1.29, 1.82) is 0 Å². The average Bonchev–Trinajstić information content (AvgIpc) is 3.31. The van der Waals surface area contributed by atoms with Gasteiger partial charge in [-0.25, -0.2) is 0 Å². The van der Waals surface area contributed by atoms with Crippen molar-refractivity contribution in [3.63, 3.8) is 0 Å². The topological polar surface area (TPSA) is 92.9 Å². The Hall–Kier alpha value is -3.87. The largest absolute Gasteiger partial charge is 0.507 e. The maximum atomic E-state index is 13.1. The van der Waals surface area contributed by atoms with E-state index in [1.807, 2.05) is 19.9 Å². The van der Waals surface area contributed by atoms with Crippen LogP contribution in [0, 0.1) is 20.8 Å². The molecule has 1 amide bonds. The minimum Gasteiger partial charge on any atom is -0.507 e. The zero-order valence-electron chi connectivity index (χ0n) is 18.4. The summed E-state index contributed by atoms with van der Waals surface area (Å²) in [7, 11) is 1.57. The summed E-state index contributed by atoms with van der Waals surface area (Å²) >= 11 is 0. The van der Waals surface area contributed by atoms with Gasteiger partial charge in [-0.15, -0.1) is 0 Å². The number of carbonyl (C=O) groups excluding carboxylic acids is 2. The van der Waals surface area contributed by atoms with Gasteiger partial charge in [-0.3, -0.25) is 14.6 Å². The molecule has 32 heavy (non-hydrogen) atoms. The lowest BCUT2D eigenvalue weighted by Gasteiger charge is -2.23. The van der Waals surface area contributed by atoms with Crippen LogP contribution in [0.25, 0.3) is 5.76 Å². The predicted molar refractivity (Wildman–Crippen MR) is 118 cm³/mol. The molecule has 1 saturated heterocycles. The number of aliphatic hydroxyl groups excluding tert-OH is 1. The molecule has 0 bridgehead atoms. The number of likely N-dealkylation sites (tertiary alicyclic amines) is 1. The Labute approximate surface area is 186 Å². The van der Waals surface area contributed by atoms with Crippen LogP contribution in [0.15, 0.2) is 58.7 Å². The maximum Gasteiger partial charge on any atom is 0.296 e. The first kappa shape index (κ1) is 21.4. The van der Waals surface area contributed by atoms with Crippen molar-refractivity contribution in [3.05, 3.63) is 88.1 Å². The highest BCUT2D eigenvalue weighted by atomic mass is 16.5. The summed E-state index contributed by atoms with van der Waals surface area (Å²) in [5.41, 5.74) is 2.60. The number of hydrogen-bond acceptors (Lipinski definition) is 6. The van der Waals surface area contributed by atoms with Gasteiger partial charge in [-0.05, 0) is 68.3 Å². The first-order valence-corrected chi connectivity index (χ1v) is 10.2. The molecule has 1 aliphatic rings. The van der Waals surface area contributed by atoms with Gasteiger partial charge in [0.1, 0.15) is 29.1 Å². The lowest BCUT2D eigenvalue weighted by atomic mass is 9.95. The summed E-state index contributed by atoms with van der Waals surface area (Å²) in [6, 6.07) is 11.5. The van der Waals surface area contributed by atoms with Gasteiger partial charge >= 0.3 is 0 Å². The van der Waals surface area contributed by atoms with E-state index in [0.29, 0.717) is 28.5 Å². The number of aliphatic hydroxyl groups is 1. The summed E-state index contributed by atoms with van der Waals surface area (Å²) in [5.74, 6) is 0.00787. The van der Waals surface area contributed by atoms with Crippen molar-refractivity contribution in [3.8, 4) is 5.75 Å². The van der Waals surface area contributed by atoms with Crippen LogP contribution < -0.4 is 4.74 Å². The molecule has 4 rings (SSSR count). The number of furan rings is 1. The Kier molecular flexibility index (Phi) is 5.57. The number of pyridine rings is 1. The fraction of sp³-hybridized carbons (Fsp3) is 0.240. The Morgan fingerprint density at radius 3 is 2.53 bits per heavy atom. The van der Waals surface area contributed by atoms with Crippen LogP contribution in [0.1, 0.15) is 39.9 Å². The summed E-state index contributed by atoms with van der Waals surface area (Å²) in [4.78, 5) is 31.8. The SMILES string of the molecule is COc1cc(C)c(/C(O)=C2\C(=O)C(=O)N(Cc3ccccn3)C2c2ccc(C)o2)cc1C. The van der Waals surface area contributed by atoms with Crippen molar-refractivity contribution in [2.75, 3.05) is 7.11 Å². The number of aromatic nitrogens is 1. The van der Waals surface area contributed by atoms with Gasteiger partial charge in [0, 0.05) is 11.8 Å². The molecule has 1 N–H and O–H groups in total. The van der Waals surface area contributed by atoms with Crippen molar-refractivity contribution >= 4 is 17.4 Å². The number of carbonyl (C=O) groups is 2. The van der Waals surface area contributed by atoms with Gasteiger partial charge in [0.05, 0.1) is 24.9 Å². The van der Waals surface area contributed by atoms with Gasteiger partial charge in [0.25, 0.3) is 11.7 Å². The van der Waals surface area contributed by atoms with E-state index in [1.165, 1.54) is 4.90 Å². The molecule has 0 spiro atoms. The van der Waals surface area contributed by atoms with Crippen LogP contribution in [-0.2, 0) is 16.1 Å². The molecule has 164 valence electrons. The Morgan fingerprint density at radius 1 is 1.12 bits per heavy atom. The van der Waals surface area contributed by atoms with Crippen LogP contribution in [0.5, 0.6) is 5.75 Å². The van der Waals surface area contributed by atoms with E-state index < -0.39 is 17.7 Å². The fourth-order valence-corrected chi connectivity index (χ4v) is 4.02. The Bertz CT molecular complexity index is 1230. The van der Waals surface area contributed by atoms with Crippen LogP contribution >= 0.6 is 0 Å². The first-order chi connectivity index (χ1) is 15.3. The molecule has 0 aliphatic carbocycles. The van der Waals surface area contributed by atoms with E-state index >= 15 is 0 Å². The van der Waals surface area contributed by atoms with Crippen molar-refractivity contribution in [2.45, 2.75) is 33.4 Å². The smallest absolute Gasteiger partial charge is 0.296 e. The zero-order chi connectivity index (χ0) is 23.0. The summed E-state index contributed by atoms with van der Waals surface area (Å²) in [6.45, 7) is 5.55. The van der Waals surface area contributed by atoms with E-state index in [4.69, 9.17) is 9.15 Å². The molecule has 1 atom stereocenters. The van der Waals surface area contributed by atoms with Crippen LogP contribution in [0.2, 0.25) is 0 Å². The molecule has 2 aromatic heterocycles. The number of benzene rings is 1. The minimum absolute atomic E-state index is 0.00653. The highest BCUT2D eigenvalue weighted by molar-refractivity contribution is 6.46. The molecular weight excluding hydrogens is 408 g/mol. The number of ketones is 1. The van der Waals surface area contributed by atoms with Gasteiger partial charge in [-0.2, -0.15) is 0 Å². The average molecular weight is 432 g/mol. The molecular formula is C25H24N2O5. The number of methoxy groups -OCH3 is 1. The van der Waals surface area contributed by atoms with Gasteiger partial charge in [0.2, 0.25) is 0 Å².